The Labute approximate surface area is 565 Å². The van der Waals surface area contributed by atoms with Crippen LogP contribution in [0, 0.1) is 5.92 Å². The number of nitrogens with two attached hydrogens (primary N) is 13. The third-order valence-electron chi connectivity index (χ3n) is 13.3. The number of aliphatic imine (C=N–C) groups is 6. The van der Waals surface area contributed by atoms with Gasteiger partial charge >= 0.3 is 5.97 Å². The minimum atomic E-state index is -1.84. The number of carbonyl (C=O) groups excluding carboxylic acids is 10. The van der Waals surface area contributed by atoms with E-state index in [1.807, 2.05) is 0 Å². The fourth-order valence-electron chi connectivity index (χ4n) is 8.31. The van der Waals surface area contributed by atoms with Crippen LogP contribution in [0.2, 0.25) is 0 Å². The third-order valence-corrected chi connectivity index (χ3v) is 14.0. The highest BCUT2D eigenvalue weighted by atomic mass is 32.1. The largest absolute Gasteiger partial charge is 0.480 e. The van der Waals surface area contributed by atoms with Crippen LogP contribution in [-0.4, -0.2) is 235 Å². The van der Waals surface area contributed by atoms with Gasteiger partial charge in [-0.05, 0) is 83.0 Å². The van der Waals surface area contributed by atoms with Gasteiger partial charge in [-0.25, -0.2) is 4.79 Å². The van der Waals surface area contributed by atoms with Crippen LogP contribution in [0.1, 0.15) is 90.9 Å². The van der Waals surface area contributed by atoms with Crippen LogP contribution in [0.4, 0.5) is 0 Å². The first-order valence-electron chi connectivity index (χ1n) is 30.3. The second-order valence-electron chi connectivity index (χ2n) is 21.7. The molecule has 0 fully saturated rings. The molecule has 0 heterocycles. The van der Waals surface area contributed by atoms with E-state index in [2.05, 4.69) is 108 Å². The number of carboxylic acid groups (broad SMARTS) is 1. The molecule has 96 heavy (non-hydrogen) atoms. The molecule has 0 unspecified atom stereocenters. The molecule has 0 aliphatic heterocycles. The van der Waals surface area contributed by atoms with Crippen molar-refractivity contribution in [3.8, 4) is 0 Å². The van der Waals surface area contributed by atoms with E-state index in [1.54, 1.807) is 13.8 Å². The van der Waals surface area contributed by atoms with Gasteiger partial charge in [0.2, 0.25) is 59.1 Å². The lowest BCUT2D eigenvalue weighted by atomic mass is 10.0. The number of carbonyl (C=O) groups is 11. The van der Waals surface area contributed by atoms with Crippen LogP contribution in [0.5, 0.6) is 0 Å². The maximum Gasteiger partial charge on any atom is 0.327 e. The number of amides is 10. The lowest BCUT2D eigenvalue weighted by Gasteiger charge is -2.27. The molecule has 0 radical (unpaired) electrons. The van der Waals surface area contributed by atoms with E-state index in [1.165, 1.54) is 0 Å². The topological polar surface area (TPSA) is 761 Å². The number of carboxylic acids is 1. The number of nitrogens with zero attached hydrogens (tertiary/aromatic N) is 6. The summed E-state index contributed by atoms with van der Waals surface area (Å²) < 4.78 is 0. The highest BCUT2D eigenvalue weighted by Gasteiger charge is 2.35. The van der Waals surface area contributed by atoms with Crippen molar-refractivity contribution in [1.29, 1.82) is 0 Å². The van der Waals surface area contributed by atoms with Crippen molar-refractivity contribution in [2.75, 3.05) is 63.9 Å². The quantitative estimate of drug-likeness (QED) is 0.0116. The van der Waals surface area contributed by atoms with Crippen LogP contribution in [0.25, 0.3) is 0 Å². The van der Waals surface area contributed by atoms with E-state index in [0.29, 0.717) is 6.42 Å². The molecular formula is C52H101N29O13S2. The molecule has 0 saturated carbocycles. The maximum atomic E-state index is 14.2. The summed E-state index contributed by atoms with van der Waals surface area (Å²) in [5.41, 5.74) is 71.6. The first-order chi connectivity index (χ1) is 45.2. The lowest BCUT2D eigenvalue weighted by molar-refractivity contribution is -0.142. The molecule has 0 spiro atoms. The highest BCUT2D eigenvalue weighted by Crippen LogP contribution is 2.10. The summed E-state index contributed by atoms with van der Waals surface area (Å²) in [5.74, 6) is -13.6. The Kier molecular flexibility index (Phi) is 43.3. The zero-order valence-electron chi connectivity index (χ0n) is 53.9. The minimum Gasteiger partial charge on any atom is -0.480 e. The Morgan fingerprint density at radius 1 is 0.354 bits per heavy atom. The van der Waals surface area contributed by atoms with Gasteiger partial charge in [-0.15, -0.1) is 0 Å². The Balaban J connectivity index is 6.87. The second-order valence-corrected chi connectivity index (χ2v) is 22.4. The zero-order chi connectivity index (χ0) is 73.0. The number of guanidine groups is 6. The fraction of sp³-hybridized carbons (Fsp3) is 0.673. The summed E-state index contributed by atoms with van der Waals surface area (Å²) in [6.45, 7) is 1.31. The molecule has 544 valence electrons. The molecule has 0 aromatic rings. The maximum absolute atomic E-state index is 14.2. The number of aliphatic carboxylic acids is 1. The standard InChI is InChI=1S/C52H101N29O13S2/c1-25(2)36(45(92)80-34(24-96)46(93)94)81-42(89)28(11-5-17-68-49(58)59)73-35(83)21-72-38(85)27(10-4-16-67-48(56)57)75-43(90)32(22-82)78-40(87)30(13-7-19-70-51(62)63)77-44(91)33(23-95)79-41(88)31(14-8-20-71-52(64)65)76-39(86)29(12-6-18-69-50(60)61)74-37(84)26(53)9-3-15-66-47(54)55/h25-34,36,82,95-96H,3-24,53H2,1-2H3,(H,72,85)(H,73,83)(H,74,84)(H,75,90)(H,76,86)(H,77,91)(H,78,87)(H,79,88)(H,80,92)(H,81,89)(H,93,94)(H4,54,55,66)(H4,56,57,67)(H4,58,59,68)(H4,60,61,69)(H4,62,63,70)(H4,64,65,71)/t26-,27-,28-,29-,30-,31-,32-,33-,34+,36-/m0/s1. The van der Waals surface area contributed by atoms with Gasteiger partial charge < -0.3 is 138 Å². The molecule has 0 saturated heterocycles. The highest BCUT2D eigenvalue weighted by molar-refractivity contribution is 7.80. The molecule has 0 aromatic heterocycles. The van der Waals surface area contributed by atoms with E-state index in [0.717, 1.165) is 0 Å². The molecule has 0 bridgehead atoms. The molecule has 44 heteroatoms. The first kappa shape index (κ1) is 86.4. The van der Waals surface area contributed by atoms with E-state index in [4.69, 9.17) is 74.5 Å². The molecule has 10 amide bonds. The number of nitrogens with one attached hydrogen (secondary N) is 10. The SMILES string of the molecule is CC(C)[C@H](NC(=O)[C@H](CCCN=C(N)N)NC(=O)CNC(=O)[C@H](CCCN=C(N)N)NC(=O)[C@H](CO)NC(=O)[C@H](CCCN=C(N)N)NC(=O)[C@H](CS)NC(=O)[C@H](CCCN=C(N)N)NC(=O)[C@H](CCCN=C(N)N)NC(=O)[C@@H](N)CCCN=C(N)N)C(=O)N[C@H](CS)C(=O)O. The molecule has 42 nitrogen and oxygen atoms in total. The Bertz CT molecular complexity index is 2720. The van der Waals surface area contributed by atoms with Crippen LogP contribution in [0.3, 0.4) is 0 Å². The Morgan fingerprint density at radius 2 is 0.625 bits per heavy atom. The normalized spacial score (nSPS) is 13.9. The molecule has 0 aliphatic carbocycles. The molecule has 0 rings (SSSR count). The van der Waals surface area contributed by atoms with Crippen molar-refractivity contribution in [2.45, 2.75) is 151 Å². The number of rotatable bonds is 49. The minimum absolute atomic E-state index is 0.00825. The van der Waals surface area contributed by atoms with Crippen molar-refractivity contribution in [3.63, 3.8) is 0 Å². The van der Waals surface area contributed by atoms with Crippen molar-refractivity contribution in [3.05, 3.63) is 0 Å². The fourth-order valence-corrected chi connectivity index (χ4v) is 8.82. The van der Waals surface area contributed by atoms with Gasteiger partial charge in [0.25, 0.3) is 0 Å². The van der Waals surface area contributed by atoms with Crippen molar-refractivity contribution >= 4 is 126 Å². The van der Waals surface area contributed by atoms with E-state index in [-0.39, 0.29) is 151 Å². The van der Waals surface area contributed by atoms with Crippen LogP contribution in [-0.2, 0) is 52.7 Å². The van der Waals surface area contributed by atoms with Crippen molar-refractivity contribution < 1.29 is 63.0 Å². The molecule has 10 atom stereocenters. The summed E-state index contributed by atoms with van der Waals surface area (Å²) in [7, 11) is 0. The van der Waals surface area contributed by atoms with Gasteiger partial charge in [-0.3, -0.25) is 77.9 Å². The number of aliphatic hydroxyl groups is 1. The smallest absolute Gasteiger partial charge is 0.327 e. The molecule has 0 aliphatic rings. The van der Waals surface area contributed by atoms with Gasteiger partial charge in [0, 0.05) is 50.8 Å². The van der Waals surface area contributed by atoms with Crippen molar-refractivity contribution in [1.82, 2.24) is 53.2 Å². The Morgan fingerprint density at radius 3 is 0.948 bits per heavy atom. The van der Waals surface area contributed by atoms with E-state index >= 15 is 0 Å². The summed E-state index contributed by atoms with van der Waals surface area (Å²) >= 11 is 8.22. The predicted molar refractivity (Wildman–Crippen MR) is 365 cm³/mol. The second kappa shape index (κ2) is 48.2. The van der Waals surface area contributed by atoms with Crippen molar-refractivity contribution in [2.24, 2.45) is 110 Å². The van der Waals surface area contributed by atoms with E-state index < -0.39 is 150 Å². The van der Waals surface area contributed by atoms with Gasteiger partial charge in [0.15, 0.2) is 35.8 Å². The van der Waals surface area contributed by atoms with Gasteiger partial charge in [-0.2, -0.15) is 25.3 Å². The summed E-state index contributed by atoms with van der Waals surface area (Å²) in [6.07, 6.45) is 0.0571. The monoisotopic (exact) mass is 1400 g/mol. The Hall–Kier alpha value is -9.59. The number of hydrogen-bond donors (Lipinski definition) is 27. The van der Waals surface area contributed by atoms with Gasteiger partial charge in [0.1, 0.15) is 54.4 Å². The summed E-state index contributed by atoms with van der Waals surface area (Å²) in [6, 6.07) is -14.4. The molecule has 38 N–H and O–H groups in total. The number of thiol groups is 2. The van der Waals surface area contributed by atoms with Gasteiger partial charge in [0.05, 0.1) is 19.2 Å². The lowest BCUT2D eigenvalue weighted by Crippen LogP contribution is -2.61. The first-order valence-corrected chi connectivity index (χ1v) is 31.6. The average molecular weight is 1400 g/mol. The van der Waals surface area contributed by atoms with Crippen LogP contribution >= 0.6 is 25.3 Å². The summed E-state index contributed by atoms with van der Waals surface area (Å²) in [5, 5.41) is 44.5. The number of hydrogen-bond acceptors (Lipinski definition) is 21. The predicted octanol–water partition coefficient (Wildman–Crippen LogP) is -12.3. The summed E-state index contributed by atoms with van der Waals surface area (Å²) in [4.78, 5) is 173. The molecular weight excluding hydrogens is 1300 g/mol. The van der Waals surface area contributed by atoms with E-state index in [9.17, 15) is 63.0 Å². The third kappa shape index (κ3) is 38.6. The molecule has 0 aromatic carbocycles. The van der Waals surface area contributed by atoms with Gasteiger partial charge in [-0.1, -0.05) is 13.8 Å². The number of aliphatic hydroxyl groups excluding tert-OH is 1. The van der Waals surface area contributed by atoms with Crippen LogP contribution in [0.15, 0.2) is 30.0 Å². The van der Waals surface area contributed by atoms with Crippen LogP contribution < -0.4 is 128 Å². The zero-order valence-corrected chi connectivity index (χ0v) is 55.7. The average Bonchev–Trinajstić information content (AvgIpc) is 0.916.